The molecule has 2 rings (SSSR count). The molecule has 0 saturated heterocycles. The Morgan fingerprint density at radius 2 is 2.32 bits per heavy atom. The van der Waals surface area contributed by atoms with E-state index in [9.17, 15) is 4.79 Å². The van der Waals surface area contributed by atoms with Crippen LogP contribution >= 0.6 is 27.5 Å². The minimum absolute atomic E-state index is 0.184. The Morgan fingerprint density at radius 1 is 1.58 bits per heavy atom. The van der Waals surface area contributed by atoms with E-state index in [1.165, 1.54) is 0 Å². The summed E-state index contributed by atoms with van der Waals surface area (Å²) >= 11 is 9.22. The highest BCUT2D eigenvalue weighted by molar-refractivity contribution is 9.10. The molecule has 4 N–H and O–H groups in total. The highest BCUT2D eigenvalue weighted by atomic mass is 79.9. The maximum atomic E-state index is 12.1. The van der Waals surface area contributed by atoms with Crippen molar-refractivity contribution in [1.82, 2.24) is 10.2 Å². The molecule has 0 bridgehead atoms. The summed E-state index contributed by atoms with van der Waals surface area (Å²) in [5.41, 5.74) is 7.71. The standard InChI is InChI=1S/C12H12BrClN4O/c1-2-8-10(15)11(18-17-8)12(19)16-9-5-6(14)3-4-7(9)13/h3-5H,2,15H2,1H3,(H,16,19)(H,17,18). The molecule has 5 nitrogen and oxygen atoms in total. The van der Waals surface area contributed by atoms with E-state index in [1.807, 2.05) is 6.92 Å². The molecule has 0 spiro atoms. The number of aryl methyl sites for hydroxylation is 1. The predicted molar refractivity (Wildman–Crippen MR) is 79.5 cm³/mol. The fourth-order valence-electron chi connectivity index (χ4n) is 1.60. The lowest BCUT2D eigenvalue weighted by molar-refractivity contribution is 0.102. The van der Waals surface area contributed by atoms with E-state index in [0.29, 0.717) is 22.8 Å². The van der Waals surface area contributed by atoms with E-state index in [2.05, 4.69) is 31.4 Å². The average molecular weight is 344 g/mol. The van der Waals surface area contributed by atoms with Gasteiger partial charge in [0, 0.05) is 9.50 Å². The van der Waals surface area contributed by atoms with Gasteiger partial charge in [-0.25, -0.2) is 0 Å². The first-order valence-corrected chi connectivity index (χ1v) is 6.79. The number of H-pyrrole nitrogens is 1. The van der Waals surface area contributed by atoms with Crippen LogP contribution in [-0.2, 0) is 6.42 Å². The first-order chi connectivity index (χ1) is 9.02. The lowest BCUT2D eigenvalue weighted by atomic mass is 10.2. The number of halogens is 2. The average Bonchev–Trinajstić information content (AvgIpc) is 2.75. The van der Waals surface area contributed by atoms with Crippen LogP contribution in [0.15, 0.2) is 22.7 Å². The second-order valence-electron chi connectivity index (χ2n) is 3.90. The van der Waals surface area contributed by atoms with E-state index in [0.717, 1.165) is 10.2 Å². The van der Waals surface area contributed by atoms with Gasteiger partial charge < -0.3 is 11.1 Å². The van der Waals surface area contributed by atoms with Gasteiger partial charge in [0.2, 0.25) is 0 Å². The highest BCUT2D eigenvalue weighted by Gasteiger charge is 2.17. The molecular formula is C12H12BrClN4O. The lowest BCUT2D eigenvalue weighted by Gasteiger charge is -2.06. The van der Waals surface area contributed by atoms with Gasteiger partial charge in [-0.1, -0.05) is 18.5 Å². The Balaban J connectivity index is 2.25. The molecule has 100 valence electrons. The molecule has 1 aromatic heterocycles. The fourth-order valence-corrected chi connectivity index (χ4v) is 2.12. The van der Waals surface area contributed by atoms with Gasteiger partial charge in [-0.05, 0) is 40.5 Å². The lowest BCUT2D eigenvalue weighted by Crippen LogP contribution is -2.14. The number of nitrogen functional groups attached to an aromatic ring is 1. The molecular weight excluding hydrogens is 332 g/mol. The zero-order valence-corrected chi connectivity index (χ0v) is 12.5. The topological polar surface area (TPSA) is 83.8 Å². The maximum absolute atomic E-state index is 12.1. The summed E-state index contributed by atoms with van der Waals surface area (Å²) in [5.74, 6) is -0.378. The van der Waals surface area contributed by atoms with Gasteiger partial charge in [-0.15, -0.1) is 0 Å². The van der Waals surface area contributed by atoms with Crippen molar-refractivity contribution in [2.45, 2.75) is 13.3 Å². The van der Waals surface area contributed by atoms with Crippen LogP contribution in [0.3, 0.4) is 0 Å². The monoisotopic (exact) mass is 342 g/mol. The number of nitrogens with two attached hydrogens (primary N) is 1. The van der Waals surface area contributed by atoms with E-state index in [-0.39, 0.29) is 11.6 Å². The predicted octanol–water partition coefficient (Wildman–Crippen LogP) is 3.22. The molecule has 2 aromatic rings. The number of hydrogen-bond donors (Lipinski definition) is 3. The molecule has 0 unspecified atom stereocenters. The number of hydrogen-bond acceptors (Lipinski definition) is 3. The Kier molecular flexibility index (Phi) is 4.11. The molecule has 0 fully saturated rings. The minimum atomic E-state index is -0.378. The molecule has 0 atom stereocenters. The second-order valence-corrected chi connectivity index (χ2v) is 5.19. The van der Waals surface area contributed by atoms with Crippen molar-refractivity contribution < 1.29 is 4.79 Å². The number of nitrogens with one attached hydrogen (secondary N) is 2. The SMILES string of the molecule is CCc1[nH]nc(C(=O)Nc2cc(Cl)ccc2Br)c1N. The summed E-state index contributed by atoms with van der Waals surface area (Å²) < 4.78 is 0.732. The van der Waals surface area contributed by atoms with Crippen LogP contribution < -0.4 is 11.1 Å². The first kappa shape index (κ1) is 13.9. The van der Waals surface area contributed by atoms with E-state index >= 15 is 0 Å². The Morgan fingerprint density at radius 3 is 2.95 bits per heavy atom. The van der Waals surface area contributed by atoms with Crippen LogP contribution in [0.4, 0.5) is 11.4 Å². The van der Waals surface area contributed by atoms with Gasteiger partial charge in [0.15, 0.2) is 5.69 Å². The molecule has 1 amide bonds. The summed E-state index contributed by atoms with van der Waals surface area (Å²) in [5, 5.41) is 9.91. The van der Waals surface area contributed by atoms with Crippen molar-refractivity contribution >= 4 is 44.8 Å². The van der Waals surface area contributed by atoms with Crippen LogP contribution in [0.5, 0.6) is 0 Å². The summed E-state index contributed by atoms with van der Waals surface area (Å²) in [6.07, 6.45) is 0.687. The summed E-state index contributed by atoms with van der Waals surface area (Å²) in [7, 11) is 0. The van der Waals surface area contributed by atoms with Crippen LogP contribution in [0.1, 0.15) is 23.1 Å². The van der Waals surface area contributed by atoms with Gasteiger partial charge in [0.25, 0.3) is 5.91 Å². The molecule has 0 radical (unpaired) electrons. The van der Waals surface area contributed by atoms with Crippen LogP contribution in [-0.4, -0.2) is 16.1 Å². The Hall–Kier alpha value is -1.53. The fraction of sp³-hybridized carbons (Fsp3) is 0.167. The van der Waals surface area contributed by atoms with Crippen LogP contribution in [0.25, 0.3) is 0 Å². The van der Waals surface area contributed by atoms with Crippen molar-refractivity contribution in [2.75, 3.05) is 11.1 Å². The number of carbonyl (C=O) groups excluding carboxylic acids is 1. The zero-order valence-electron chi connectivity index (χ0n) is 10.1. The molecule has 0 aliphatic heterocycles. The van der Waals surface area contributed by atoms with Crippen molar-refractivity contribution in [2.24, 2.45) is 0 Å². The third kappa shape index (κ3) is 2.90. The van der Waals surface area contributed by atoms with Crippen LogP contribution in [0, 0.1) is 0 Å². The Bertz CT molecular complexity index is 626. The molecule has 1 heterocycles. The third-order valence-corrected chi connectivity index (χ3v) is 3.55. The molecule has 19 heavy (non-hydrogen) atoms. The van der Waals surface area contributed by atoms with Crippen LogP contribution in [0.2, 0.25) is 5.02 Å². The summed E-state index contributed by atoms with van der Waals surface area (Å²) in [6, 6.07) is 5.12. The Labute approximate surface area is 123 Å². The number of aromatic nitrogens is 2. The number of benzene rings is 1. The number of aromatic amines is 1. The minimum Gasteiger partial charge on any atom is -0.395 e. The number of rotatable bonds is 3. The number of anilines is 2. The third-order valence-electron chi connectivity index (χ3n) is 2.63. The van der Waals surface area contributed by atoms with Gasteiger partial charge in [-0.3, -0.25) is 9.89 Å². The van der Waals surface area contributed by atoms with Crippen molar-refractivity contribution in [3.63, 3.8) is 0 Å². The molecule has 1 aromatic carbocycles. The quantitative estimate of drug-likeness (QED) is 0.800. The maximum Gasteiger partial charge on any atom is 0.278 e. The highest BCUT2D eigenvalue weighted by Crippen LogP contribution is 2.27. The van der Waals surface area contributed by atoms with Gasteiger partial charge in [0.05, 0.1) is 17.1 Å². The molecule has 0 aliphatic carbocycles. The van der Waals surface area contributed by atoms with Crippen molar-refractivity contribution in [1.29, 1.82) is 0 Å². The summed E-state index contributed by atoms with van der Waals surface area (Å²) in [4.78, 5) is 12.1. The summed E-state index contributed by atoms with van der Waals surface area (Å²) in [6.45, 7) is 1.93. The zero-order chi connectivity index (χ0) is 14.0. The normalized spacial score (nSPS) is 10.5. The molecule has 0 saturated carbocycles. The van der Waals surface area contributed by atoms with E-state index in [4.69, 9.17) is 17.3 Å². The van der Waals surface area contributed by atoms with Crippen molar-refractivity contribution in [3.05, 3.63) is 39.1 Å². The number of nitrogens with zero attached hydrogens (tertiary/aromatic N) is 1. The van der Waals surface area contributed by atoms with Crippen molar-refractivity contribution in [3.8, 4) is 0 Å². The second kappa shape index (κ2) is 5.63. The molecule has 7 heteroatoms. The largest absolute Gasteiger partial charge is 0.395 e. The molecule has 0 aliphatic rings. The smallest absolute Gasteiger partial charge is 0.278 e. The van der Waals surface area contributed by atoms with Gasteiger partial charge in [-0.2, -0.15) is 5.10 Å². The van der Waals surface area contributed by atoms with Gasteiger partial charge in [0.1, 0.15) is 0 Å². The number of carbonyl (C=O) groups is 1. The van der Waals surface area contributed by atoms with E-state index < -0.39 is 0 Å². The van der Waals surface area contributed by atoms with E-state index in [1.54, 1.807) is 18.2 Å². The first-order valence-electron chi connectivity index (χ1n) is 5.62. The number of amides is 1. The van der Waals surface area contributed by atoms with Gasteiger partial charge >= 0.3 is 0 Å².